The maximum atomic E-state index is 11.0. The molecule has 27 heavy (non-hydrogen) atoms. The van der Waals surface area contributed by atoms with E-state index in [2.05, 4.69) is 31.1 Å². The number of aliphatic hydroxyl groups excluding tert-OH is 1. The summed E-state index contributed by atoms with van der Waals surface area (Å²) in [6.07, 6.45) is -0.480. The summed E-state index contributed by atoms with van der Waals surface area (Å²) in [4.78, 5) is 0. The Kier molecular flexibility index (Phi) is 9.03. The van der Waals surface area contributed by atoms with E-state index < -0.39 is 12.5 Å². The smallest absolute Gasteiger partial charge is 0.203 e. The van der Waals surface area contributed by atoms with E-state index in [1.165, 1.54) is 5.56 Å². The zero-order valence-electron chi connectivity index (χ0n) is 17.3. The van der Waals surface area contributed by atoms with Gasteiger partial charge in [-0.25, -0.2) is 4.68 Å². The van der Waals surface area contributed by atoms with Crippen molar-refractivity contribution in [3.05, 3.63) is 47.0 Å². The summed E-state index contributed by atoms with van der Waals surface area (Å²) < 4.78 is 9.28. The van der Waals surface area contributed by atoms with Crippen LogP contribution in [0, 0.1) is 10.2 Å². The van der Waals surface area contributed by atoms with Crippen LogP contribution in [-0.4, -0.2) is 39.1 Å². The molecule has 0 amide bonds. The minimum absolute atomic E-state index is 0.278. The van der Waals surface area contributed by atoms with Gasteiger partial charge in [-0.3, -0.25) is 4.34 Å². The van der Waals surface area contributed by atoms with E-state index in [0.29, 0.717) is 4.77 Å². The molecule has 152 valence electrons. The van der Waals surface area contributed by atoms with E-state index in [1.807, 2.05) is 45.6 Å². The van der Waals surface area contributed by atoms with Crippen LogP contribution < -0.4 is 0 Å². The summed E-state index contributed by atoms with van der Waals surface area (Å²) in [5.41, 5.74) is 0.851. The Morgan fingerprint density at radius 3 is 2.33 bits per heavy atom. The molecule has 0 bridgehead atoms. The summed E-state index contributed by atoms with van der Waals surface area (Å²) in [5, 5.41) is 15.4. The maximum Gasteiger partial charge on any atom is 0.203 e. The molecule has 3 unspecified atom stereocenters. The van der Waals surface area contributed by atoms with Gasteiger partial charge < -0.3 is 9.63 Å². The molecule has 0 aliphatic heterocycles. The second-order valence-electron chi connectivity index (χ2n) is 7.02. The Balaban J connectivity index is 0.00000176. The Bertz CT molecular complexity index is 818. The monoisotopic (exact) mass is 429 g/mol. The lowest BCUT2D eigenvalue weighted by molar-refractivity contribution is 0.00778. The molecule has 0 aliphatic rings. The van der Waals surface area contributed by atoms with Crippen molar-refractivity contribution >= 4 is 30.4 Å². The van der Waals surface area contributed by atoms with Gasteiger partial charge in [0.25, 0.3) is 0 Å². The van der Waals surface area contributed by atoms with Crippen LogP contribution in [0.3, 0.4) is 0 Å². The van der Waals surface area contributed by atoms with Crippen molar-refractivity contribution in [2.24, 2.45) is 5.41 Å². The fourth-order valence-electron chi connectivity index (χ4n) is 2.94. The normalized spacial score (nSPS) is 16.0. The van der Waals surface area contributed by atoms with Gasteiger partial charge in [0.1, 0.15) is 6.33 Å². The number of aromatic nitrogens is 3. The molecule has 0 spiro atoms. The molecule has 0 saturated heterocycles. The topological polar surface area (TPSA) is 52.2 Å². The highest BCUT2D eigenvalue weighted by molar-refractivity contribution is 8.11. The molecule has 0 fully saturated rings. The SMILES string of the molecule is CC.COP(C)(=S)n1cnn(C(C)C(O)C(C)(C)Cc2ccccc2)c1=S. The molecule has 5 nitrogen and oxygen atoms in total. The molecule has 2 aromatic rings. The number of rotatable bonds is 7. The van der Waals surface area contributed by atoms with Crippen LogP contribution in [0.5, 0.6) is 0 Å². The Hall–Kier alpha value is -0.850. The zero-order valence-corrected chi connectivity index (χ0v) is 19.8. The minimum Gasteiger partial charge on any atom is -0.390 e. The minimum atomic E-state index is -2.23. The first kappa shape index (κ1) is 24.2. The molecule has 3 atom stereocenters. The van der Waals surface area contributed by atoms with Crippen molar-refractivity contribution in [1.82, 2.24) is 14.1 Å². The molecule has 0 aliphatic carbocycles. The van der Waals surface area contributed by atoms with E-state index in [4.69, 9.17) is 28.5 Å². The highest BCUT2D eigenvalue weighted by Gasteiger charge is 2.34. The van der Waals surface area contributed by atoms with Crippen LogP contribution in [0.1, 0.15) is 46.2 Å². The van der Waals surface area contributed by atoms with Crippen LogP contribution in [0.25, 0.3) is 0 Å². The van der Waals surface area contributed by atoms with Crippen molar-refractivity contribution < 1.29 is 9.63 Å². The van der Waals surface area contributed by atoms with Crippen LogP contribution in [-0.2, 0) is 22.8 Å². The van der Waals surface area contributed by atoms with Gasteiger partial charge in [-0.1, -0.05) is 58.0 Å². The van der Waals surface area contributed by atoms with E-state index in [1.54, 1.807) is 22.5 Å². The average molecular weight is 430 g/mol. The molecule has 0 radical (unpaired) electrons. The van der Waals surface area contributed by atoms with E-state index in [0.717, 1.165) is 6.42 Å². The standard InChI is InChI=1S/C17H26N3O2PS2.C2H6/c1-13(20-16(24)19(12-18-20)23(5,25)22-4)15(21)17(2,3)11-14-9-7-6-8-10-14;1-2/h6-10,12-13,15,21H,11H2,1-5H3;1-2H3. The van der Waals surface area contributed by atoms with Crippen LogP contribution in [0.4, 0.5) is 0 Å². The molecule has 8 heteroatoms. The van der Waals surface area contributed by atoms with Gasteiger partial charge in [0.05, 0.1) is 12.1 Å². The van der Waals surface area contributed by atoms with Crippen molar-refractivity contribution in [2.45, 2.75) is 53.2 Å². The highest BCUT2D eigenvalue weighted by atomic mass is 32.4. The first-order valence-electron chi connectivity index (χ1n) is 9.12. The van der Waals surface area contributed by atoms with Crippen molar-refractivity contribution in [3.8, 4) is 0 Å². The molecule has 0 saturated carbocycles. The number of hydrogen-bond donors (Lipinski definition) is 1. The lowest BCUT2D eigenvalue weighted by Gasteiger charge is -2.34. The van der Waals surface area contributed by atoms with Gasteiger partial charge in [0.2, 0.25) is 4.77 Å². The fraction of sp³-hybridized carbons (Fsp3) is 0.579. The highest BCUT2D eigenvalue weighted by Crippen LogP contribution is 2.44. The third-order valence-corrected chi connectivity index (χ3v) is 7.80. The van der Waals surface area contributed by atoms with Crippen molar-refractivity contribution in [1.29, 1.82) is 0 Å². The van der Waals surface area contributed by atoms with Crippen LogP contribution >= 0.6 is 18.6 Å². The molecule has 1 N–H and O–H groups in total. The first-order chi connectivity index (χ1) is 12.6. The third-order valence-electron chi connectivity index (χ3n) is 4.55. The van der Waals surface area contributed by atoms with Gasteiger partial charge in [-0.05, 0) is 48.3 Å². The summed E-state index contributed by atoms with van der Waals surface area (Å²) in [6, 6.07) is 9.89. The fourth-order valence-corrected chi connectivity index (χ4v) is 4.99. The number of hydrogen-bond acceptors (Lipinski definition) is 5. The number of aliphatic hydroxyl groups is 1. The van der Waals surface area contributed by atoms with Gasteiger partial charge in [-0.15, -0.1) is 0 Å². The number of nitrogens with zero attached hydrogens (tertiary/aromatic N) is 3. The summed E-state index contributed by atoms with van der Waals surface area (Å²) in [6.45, 7) is 11.9. The predicted octanol–water partition coefficient (Wildman–Crippen LogP) is 5.06. The maximum absolute atomic E-state index is 11.0. The Labute approximate surface area is 173 Å². The molecule has 2 rings (SSSR count). The molecular weight excluding hydrogens is 397 g/mol. The van der Waals surface area contributed by atoms with E-state index >= 15 is 0 Å². The molecule has 1 aromatic heterocycles. The van der Waals surface area contributed by atoms with E-state index in [9.17, 15) is 5.11 Å². The van der Waals surface area contributed by atoms with E-state index in [-0.39, 0.29) is 11.5 Å². The predicted molar refractivity (Wildman–Crippen MR) is 120 cm³/mol. The van der Waals surface area contributed by atoms with Gasteiger partial charge in [0, 0.05) is 13.8 Å². The third kappa shape index (κ3) is 5.81. The number of benzene rings is 1. The lowest BCUT2D eigenvalue weighted by atomic mass is 9.78. The summed E-state index contributed by atoms with van der Waals surface area (Å²) in [7, 11) is 1.58. The second-order valence-corrected chi connectivity index (χ2v) is 11.8. The lowest BCUT2D eigenvalue weighted by Crippen LogP contribution is -2.38. The second kappa shape index (κ2) is 10.1. The average Bonchev–Trinajstić information content (AvgIpc) is 3.05. The first-order valence-corrected chi connectivity index (χ1v) is 12.7. The van der Waals surface area contributed by atoms with Crippen LogP contribution in [0.15, 0.2) is 36.7 Å². The molecular formula is C19H32N3O2PS2. The quantitative estimate of drug-likeness (QED) is 0.492. The van der Waals surface area contributed by atoms with Gasteiger partial charge in [-0.2, -0.15) is 5.10 Å². The van der Waals surface area contributed by atoms with Gasteiger partial charge in [0.15, 0.2) is 6.42 Å². The molecule has 1 heterocycles. The van der Waals surface area contributed by atoms with Gasteiger partial charge >= 0.3 is 0 Å². The van der Waals surface area contributed by atoms with Crippen molar-refractivity contribution in [2.75, 3.05) is 13.8 Å². The van der Waals surface area contributed by atoms with Crippen LogP contribution in [0.2, 0.25) is 0 Å². The summed E-state index contributed by atoms with van der Waals surface area (Å²) in [5.74, 6) is 0. The Morgan fingerprint density at radius 2 is 1.81 bits per heavy atom. The largest absolute Gasteiger partial charge is 0.390 e. The van der Waals surface area contributed by atoms with Crippen molar-refractivity contribution in [3.63, 3.8) is 0 Å². The Morgan fingerprint density at radius 1 is 1.26 bits per heavy atom. The molecule has 1 aromatic carbocycles. The zero-order chi connectivity index (χ0) is 20.8. The summed E-state index contributed by atoms with van der Waals surface area (Å²) >= 11 is 11.0.